The molecule has 0 radical (unpaired) electrons. The third-order valence-electron chi connectivity index (χ3n) is 4.09. The molecule has 0 bridgehead atoms. The van der Waals surface area contributed by atoms with Crippen molar-refractivity contribution in [3.8, 4) is 16.3 Å². The average molecular weight is 383 g/mol. The molecule has 140 valence electrons. The highest BCUT2D eigenvalue weighted by Gasteiger charge is 2.06. The summed E-state index contributed by atoms with van der Waals surface area (Å²) in [6, 6.07) is 14.8. The predicted molar refractivity (Wildman–Crippen MR) is 106 cm³/mol. The van der Waals surface area contributed by atoms with Crippen LogP contribution in [-0.2, 0) is 17.8 Å². The van der Waals surface area contributed by atoms with Crippen LogP contribution in [0.3, 0.4) is 0 Å². The van der Waals surface area contributed by atoms with Crippen molar-refractivity contribution in [1.82, 2.24) is 15.1 Å². The number of ether oxygens (including phenoxy) is 1. The Balaban J connectivity index is 1.48. The minimum absolute atomic E-state index is 0.0479. The van der Waals surface area contributed by atoms with Gasteiger partial charge in [0.2, 0.25) is 5.91 Å². The molecule has 2 heterocycles. The number of rotatable bonds is 8. The number of methoxy groups -OCH3 is 1. The molecule has 1 amide bonds. The molecule has 0 saturated carbocycles. The summed E-state index contributed by atoms with van der Waals surface area (Å²) in [6.45, 7) is 0.703. The van der Waals surface area contributed by atoms with Gasteiger partial charge in [0.05, 0.1) is 18.5 Å². The van der Waals surface area contributed by atoms with Gasteiger partial charge in [-0.3, -0.25) is 9.59 Å². The van der Waals surface area contributed by atoms with Gasteiger partial charge < -0.3 is 10.1 Å². The third kappa shape index (κ3) is 5.27. The highest BCUT2D eigenvalue weighted by Crippen LogP contribution is 2.21. The van der Waals surface area contributed by atoms with Gasteiger partial charge in [0.1, 0.15) is 11.4 Å². The van der Waals surface area contributed by atoms with Crippen LogP contribution in [0.4, 0.5) is 0 Å². The molecule has 6 nitrogen and oxygen atoms in total. The first kappa shape index (κ1) is 18.8. The van der Waals surface area contributed by atoms with Crippen molar-refractivity contribution in [2.45, 2.75) is 19.4 Å². The lowest BCUT2D eigenvalue weighted by atomic mass is 10.1. The maximum atomic E-state index is 12.0. The lowest BCUT2D eigenvalue weighted by molar-refractivity contribution is -0.121. The normalized spacial score (nSPS) is 10.6. The Bertz CT molecular complexity index is 934. The van der Waals surface area contributed by atoms with Crippen LogP contribution in [0.2, 0.25) is 0 Å². The number of benzene rings is 1. The first-order valence-electron chi connectivity index (χ1n) is 8.67. The summed E-state index contributed by atoms with van der Waals surface area (Å²) >= 11 is 1.57. The fraction of sp³-hybridized carbons (Fsp3) is 0.250. The molecule has 1 aromatic carbocycles. The standard InChI is InChI=1S/C20H21N3O3S/c1-26-16-7-4-15(5-8-16)6-10-19(24)21-12-13-23-20(25)11-9-17(22-23)18-3-2-14-27-18/h2-5,7-9,11,14H,6,10,12-13H2,1H3,(H,21,24). The highest BCUT2D eigenvalue weighted by molar-refractivity contribution is 7.13. The van der Waals surface area contributed by atoms with E-state index >= 15 is 0 Å². The number of nitrogens with one attached hydrogen (secondary N) is 1. The molecule has 7 heteroatoms. The lowest BCUT2D eigenvalue weighted by Gasteiger charge is -2.08. The maximum absolute atomic E-state index is 12.0. The molecule has 2 aromatic heterocycles. The number of aryl methyl sites for hydroxylation is 1. The Hall–Kier alpha value is -2.93. The second-order valence-electron chi connectivity index (χ2n) is 5.96. The van der Waals surface area contributed by atoms with Crippen molar-refractivity contribution in [2.75, 3.05) is 13.7 Å². The molecule has 0 spiro atoms. The van der Waals surface area contributed by atoms with Crippen molar-refractivity contribution in [2.24, 2.45) is 0 Å². The smallest absolute Gasteiger partial charge is 0.266 e. The fourth-order valence-corrected chi connectivity index (χ4v) is 3.30. The molecule has 1 N–H and O–H groups in total. The average Bonchev–Trinajstić information content (AvgIpc) is 3.23. The third-order valence-corrected chi connectivity index (χ3v) is 4.98. The largest absolute Gasteiger partial charge is 0.497 e. The number of hydrogen-bond donors (Lipinski definition) is 1. The van der Waals surface area contributed by atoms with Gasteiger partial charge in [-0.2, -0.15) is 5.10 Å². The van der Waals surface area contributed by atoms with E-state index in [2.05, 4.69) is 10.4 Å². The lowest BCUT2D eigenvalue weighted by Crippen LogP contribution is -2.32. The molecule has 0 aliphatic heterocycles. The van der Waals surface area contributed by atoms with Gasteiger partial charge in [-0.25, -0.2) is 4.68 Å². The van der Waals surface area contributed by atoms with Gasteiger partial charge in [-0.1, -0.05) is 18.2 Å². The van der Waals surface area contributed by atoms with Gasteiger partial charge in [-0.15, -0.1) is 11.3 Å². The van der Waals surface area contributed by atoms with Crippen molar-refractivity contribution in [1.29, 1.82) is 0 Å². The number of amides is 1. The monoisotopic (exact) mass is 383 g/mol. The fourth-order valence-electron chi connectivity index (χ4n) is 2.60. The van der Waals surface area contributed by atoms with Crippen molar-refractivity contribution >= 4 is 17.2 Å². The molecule has 3 aromatic rings. The van der Waals surface area contributed by atoms with Crippen LogP contribution >= 0.6 is 11.3 Å². The molecule has 0 unspecified atom stereocenters. The molecular formula is C20H21N3O3S. The van der Waals surface area contributed by atoms with E-state index in [0.717, 1.165) is 21.9 Å². The SMILES string of the molecule is COc1ccc(CCC(=O)NCCn2nc(-c3cccs3)ccc2=O)cc1. The minimum atomic E-state index is -0.178. The quantitative estimate of drug-likeness (QED) is 0.649. The predicted octanol–water partition coefficient (Wildman–Crippen LogP) is 2.73. The van der Waals surface area contributed by atoms with Crippen LogP contribution in [0.5, 0.6) is 5.75 Å². The first-order valence-corrected chi connectivity index (χ1v) is 9.55. The minimum Gasteiger partial charge on any atom is -0.497 e. The number of nitrogens with zero attached hydrogens (tertiary/aromatic N) is 2. The van der Waals surface area contributed by atoms with Crippen molar-refractivity contribution in [3.05, 3.63) is 69.8 Å². The molecule has 27 heavy (non-hydrogen) atoms. The topological polar surface area (TPSA) is 73.2 Å². The molecule has 0 atom stereocenters. The van der Waals surface area contributed by atoms with E-state index in [1.807, 2.05) is 41.8 Å². The summed E-state index contributed by atoms with van der Waals surface area (Å²) < 4.78 is 6.51. The summed E-state index contributed by atoms with van der Waals surface area (Å²) in [4.78, 5) is 25.0. The zero-order valence-electron chi connectivity index (χ0n) is 15.1. The molecule has 0 aliphatic carbocycles. The Labute approximate surface area is 161 Å². The van der Waals surface area contributed by atoms with Gasteiger partial charge >= 0.3 is 0 Å². The first-order chi connectivity index (χ1) is 13.2. The number of thiophene rings is 1. The van der Waals surface area contributed by atoms with Crippen LogP contribution in [0, 0.1) is 0 Å². The van der Waals surface area contributed by atoms with E-state index in [1.54, 1.807) is 24.5 Å². The van der Waals surface area contributed by atoms with Gasteiger partial charge in [0.25, 0.3) is 5.56 Å². The summed E-state index contributed by atoms with van der Waals surface area (Å²) in [7, 11) is 1.62. The van der Waals surface area contributed by atoms with Crippen molar-refractivity contribution in [3.63, 3.8) is 0 Å². The second kappa shape index (κ2) is 9.14. The van der Waals surface area contributed by atoms with Crippen LogP contribution in [-0.4, -0.2) is 29.3 Å². The van der Waals surface area contributed by atoms with E-state index < -0.39 is 0 Å². The number of hydrogen-bond acceptors (Lipinski definition) is 5. The maximum Gasteiger partial charge on any atom is 0.266 e. The van der Waals surface area contributed by atoms with Gasteiger partial charge in [0, 0.05) is 19.0 Å². The molecule has 0 aliphatic rings. The van der Waals surface area contributed by atoms with Gasteiger partial charge in [-0.05, 0) is 41.6 Å². The van der Waals surface area contributed by atoms with Crippen LogP contribution in [0.1, 0.15) is 12.0 Å². The Morgan fingerprint density at radius 2 is 2.00 bits per heavy atom. The zero-order valence-corrected chi connectivity index (χ0v) is 15.9. The number of aromatic nitrogens is 2. The zero-order chi connectivity index (χ0) is 19.1. The van der Waals surface area contributed by atoms with Crippen LogP contribution in [0.15, 0.2) is 58.7 Å². The van der Waals surface area contributed by atoms with Crippen LogP contribution in [0.25, 0.3) is 10.6 Å². The van der Waals surface area contributed by atoms with E-state index in [1.165, 1.54) is 10.7 Å². The van der Waals surface area contributed by atoms with E-state index in [0.29, 0.717) is 25.9 Å². The van der Waals surface area contributed by atoms with Gasteiger partial charge in [0.15, 0.2) is 0 Å². The van der Waals surface area contributed by atoms with Crippen LogP contribution < -0.4 is 15.6 Å². The Morgan fingerprint density at radius 1 is 1.19 bits per heavy atom. The molecule has 0 fully saturated rings. The summed E-state index contributed by atoms with van der Waals surface area (Å²) in [6.07, 6.45) is 1.05. The highest BCUT2D eigenvalue weighted by atomic mass is 32.1. The summed E-state index contributed by atoms with van der Waals surface area (Å²) in [5, 5.41) is 9.19. The van der Waals surface area contributed by atoms with Crippen molar-refractivity contribution < 1.29 is 9.53 Å². The van der Waals surface area contributed by atoms with E-state index in [9.17, 15) is 9.59 Å². The number of carbonyl (C=O) groups is 1. The number of carbonyl (C=O) groups excluding carboxylic acids is 1. The summed E-state index contributed by atoms with van der Waals surface area (Å²) in [5.74, 6) is 0.749. The van der Waals surface area contributed by atoms with E-state index in [-0.39, 0.29) is 11.5 Å². The summed E-state index contributed by atoms with van der Waals surface area (Å²) in [5.41, 5.74) is 1.66. The molecule has 3 rings (SSSR count). The Morgan fingerprint density at radius 3 is 2.70 bits per heavy atom. The molecular weight excluding hydrogens is 362 g/mol. The Kier molecular flexibility index (Phi) is 6.38. The second-order valence-corrected chi connectivity index (χ2v) is 6.90. The molecule has 0 saturated heterocycles. The van der Waals surface area contributed by atoms with E-state index in [4.69, 9.17) is 4.74 Å².